The second-order valence-electron chi connectivity index (χ2n) is 9.82. The molecule has 0 radical (unpaired) electrons. The summed E-state index contributed by atoms with van der Waals surface area (Å²) in [5.41, 5.74) is 2.64. The number of fused-ring (bicyclic) bond motifs is 1. The van der Waals surface area contributed by atoms with Crippen molar-refractivity contribution in [3.8, 4) is 23.3 Å². The standard InChI is InChI=1S/C32H31N5O4/c1-37(2)17-6-9-29(38)36-32-28(41-26-16-18-39-21-26)15-14-27-30(22(19-33)20-34-31(27)32)35-23-10-12-25(13-11-23)40-24-7-4-3-5-8-24/h3-15,20,26H,16-18,21H2,1-2H3,(H,34,35)(H,36,38)/b9-6+/t26-/m1/s1. The predicted octanol–water partition coefficient (Wildman–Crippen LogP) is 5.87. The first-order valence-corrected chi connectivity index (χ1v) is 13.3. The van der Waals surface area contributed by atoms with E-state index in [0.29, 0.717) is 59.1 Å². The number of hydrogen-bond donors (Lipinski definition) is 2. The summed E-state index contributed by atoms with van der Waals surface area (Å²) < 4.78 is 17.6. The molecule has 5 rings (SSSR count). The van der Waals surface area contributed by atoms with E-state index in [1.54, 1.807) is 12.1 Å². The van der Waals surface area contributed by atoms with Gasteiger partial charge in [0.25, 0.3) is 0 Å². The van der Waals surface area contributed by atoms with Crippen LogP contribution in [0, 0.1) is 11.3 Å². The maximum Gasteiger partial charge on any atom is 0.248 e. The van der Waals surface area contributed by atoms with Crippen LogP contribution < -0.4 is 20.1 Å². The maximum atomic E-state index is 12.9. The fourth-order valence-corrected chi connectivity index (χ4v) is 4.38. The van der Waals surface area contributed by atoms with Gasteiger partial charge in [-0.25, -0.2) is 0 Å². The summed E-state index contributed by atoms with van der Waals surface area (Å²) in [6.45, 7) is 1.73. The van der Waals surface area contributed by atoms with Crippen molar-refractivity contribution in [3.63, 3.8) is 0 Å². The Morgan fingerprint density at radius 2 is 1.88 bits per heavy atom. The van der Waals surface area contributed by atoms with Crippen molar-refractivity contribution < 1.29 is 19.0 Å². The summed E-state index contributed by atoms with van der Waals surface area (Å²) in [5, 5.41) is 16.9. The number of para-hydroxylation sites is 1. The van der Waals surface area contributed by atoms with Crippen LogP contribution in [0.5, 0.6) is 17.2 Å². The van der Waals surface area contributed by atoms with Gasteiger partial charge in [-0.15, -0.1) is 0 Å². The van der Waals surface area contributed by atoms with Crippen molar-refractivity contribution in [2.45, 2.75) is 12.5 Å². The topological polar surface area (TPSA) is 109 Å². The third-order valence-electron chi connectivity index (χ3n) is 6.39. The summed E-state index contributed by atoms with van der Waals surface area (Å²) in [5.74, 6) is 1.62. The van der Waals surface area contributed by atoms with Crippen LogP contribution in [0.25, 0.3) is 10.9 Å². The molecule has 9 heteroatoms. The van der Waals surface area contributed by atoms with Gasteiger partial charge >= 0.3 is 0 Å². The van der Waals surface area contributed by atoms with E-state index in [4.69, 9.17) is 14.2 Å². The Kier molecular flexibility index (Phi) is 8.74. The lowest BCUT2D eigenvalue weighted by molar-refractivity contribution is -0.111. The van der Waals surface area contributed by atoms with E-state index in [1.807, 2.05) is 79.7 Å². The first-order chi connectivity index (χ1) is 20.0. The summed E-state index contributed by atoms with van der Waals surface area (Å²) in [4.78, 5) is 19.4. The number of nitrogens with zero attached hydrogens (tertiary/aromatic N) is 3. The first-order valence-electron chi connectivity index (χ1n) is 13.3. The van der Waals surface area contributed by atoms with E-state index >= 15 is 0 Å². The quantitative estimate of drug-likeness (QED) is 0.237. The molecule has 2 heterocycles. The van der Waals surface area contributed by atoms with Crippen LogP contribution in [0.1, 0.15) is 12.0 Å². The van der Waals surface area contributed by atoms with Crippen LogP contribution in [-0.4, -0.2) is 55.7 Å². The number of ether oxygens (including phenoxy) is 3. The largest absolute Gasteiger partial charge is 0.486 e. The van der Waals surface area contributed by atoms with Gasteiger partial charge in [-0.3, -0.25) is 9.78 Å². The molecule has 0 aliphatic carbocycles. The minimum absolute atomic E-state index is 0.125. The van der Waals surface area contributed by atoms with E-state index in [1.165, 1.54) is 12.3 Å². The van der Waals surface area contributed by atoms with Crippen molar-refractivity contribution in [2.24, 2.45) is 0 Å². The van der Waals surface area contributed by atoms with Crippen molar-refractivity contribution in [1.29, 1.82) is 5.26 Å². The molecule has 0 saturated carbocycles. The van der Waals surface area contributed by atoms with Gasteiger partial charge < -0.3 is 29.7 Å². The van der Waals surface area contributed by atoms with Gasteiger partial charge in [0.15, 0.2) is 0 Å². The Bertz CT molecular complexity index is 1570. The summed E-state index contributed by atoms with van der Waals surface area (Å²) in [7, 11) is 3.86. The number of pyridine rings is 1. The molecule has 1 saturated heterocycles. The molecule has 0 bridgehead atoms. The molecule has 41 heavy (non-hydrogen) atoms. The Morgan fingerprint density at radius 1 is 1.10 bits per heavy atom. The monoisotopic (exact) mass is 549 g/mol. The predicted molar refractivity (Wildman–Crippen MR) is 159 cm³/mol. The number of nitrogens with one attached hydrogen (secondary N) is 2. The average molecular weight is 550 g/mol. The Morgan fingerprint density at radius 3 is 2.59 bits per heavy atom. The number of aromatic nitrogens is 1. The molecule has 0 spiro atoms. The minimum atomic E-state index is -0.304. The highest BCUT2D eigenvalue weighted by Crippen LogP contribution is 2.39. The fourth-order valence-electron chi connectivity index (χ4n) is 4.38. The number of likely N-dealkylation sites (N-methyl/N-ethyl adjacent to an activating group) is 1. The molecule has 3 aromatic carbocycles. The smallest absolute Gasteiger partial charge is 0.248 e. The van der Waals surface area contributed by atoms with Gasteiger partial charge in [-0.2, -0.15) is 5.26 Å². The van der Waals surface area contributed by atoms with Gasteiger partial charge in [0, 0.05) is 36.3 Å². The highest BCUT2D eigenvalue weighted by Gasteiger charge is 2.22. The molecule has 1 aromatic heterocycles. The molecule has 4 aromatic rings. The molecular formula is C32H31N5O4. The van der Waals surface area contributed by atoms with Gasteiger partial charge in [-0.1, -0.05) is 24.3 Å². The van der Waals surface area contributed by atoms with Crippen molar-refractivity contribution >= 4 is 33.9 Å². The lowest BCUT2D eigenvalue weighted by atomic mass is 10.1. The molecule has 0 unspecified atom stereocenters. The van der Waals surface area contributed by atoms with E-state index < -0.39 is 0 Å². The second-order valence-corrected chi connectivity index (χ2v) is 9.82. The summed E-state index contributed by atoms with van der Waals surface area (Å²) >= 11 is 0. The number of rotatable bonds is 10. The van der Waals surface area contributed by atoms with Crippen LogP contribution in [0.15, 0.2) is 85.1 Å². The summed E-state index contributed by atoms with van der Waals surface area (Å²) in [6, 6.07) is 22.9. The zero-order chi connectivity index (χ0) is 28.6. The van der Waals surface area contributed by atoms with Crippen molar-refractivity contribution in [1.82, 2.24) is 9.88 Å². The van der Waals surface area contributed by atoms with Crippen molar-refractivity contribution in [2.75, 3.05) is 44.5 Å². The zero-order valence-corrected chi connectivity index (χ0v) is 23.0. The fraction of sp³-hybridized carbons (Fsp3) is 0.219. The van der Waals surface area contributed by atoms with Crippen molar-refractivity contribution in [3.05, 3.63) is 90.6 Å². The third kappa shape index (κ3) is 7.00. The van der Waals surface area contributed by atoms with E-state index in [0.717, 1.165) is 17.9 Å². The van der Waals surface area contributed by atoms with E-state index in [2.05, 4.69) is 21.7 Å². The lowest BCUT2D eigenvalue weighted by Gasteiger charge is -2.19. The third-order valence-corrected chi connectivity index (χ3v) is 6.39. The highest BCUT2D eigenvalue weighted by molar-refractivity contribution is 6.10. The minimum Gasteiger partial charge on any atom is -0.486 e. The molecule has 2 N–H and O–H groups in total. The lowest BCUT2D eigenvalue weighted by Crippen LogP contribution is -2.18. The average Bonchev–Trinajstić information content (AvgIpc) is 3.49. The number of amides is 1. The molecule has 1 amide bonds. The van der Waals surface area contributed by atoms with Crippen LogP contribution in [0.2, 0.25) is 0 Å². The second kappa shape index (κ2) is 13.0. The molecule has 9 nitrogen and oxygen atoms in total. The number of benzene rings is 3. The Hall–Kier alpha value is -4.91. The Labute approximate surface area is 239 Å². The van der Waals surface area contributed by atoms with Gasteiger partial charge in [0.2, 0.25) is 5.91 Å². The Balaban J connectivity index is 1.48. The van der Waals surface area contributed by atoms with E-state index in [-0.39, 0.29) is 12.0 Å². The zero-order valence-electron chi connectivity index (χ0n) is 23.0. The molecular weight excluding hydrogens is 518 g/mol. The molecule has 1 fully saturated rings. The van der Waals surface area contributed by atoms with E-state index in [9.17, 15) is 10.1 Å². The number of nitriles is 1. The van der Waals surface area contributed by atoms with Gasteiger partial charge in [-0.05, 0) is 62.6 Å². The van der Waals surface area contributed by atoms with Crippen LogP contribution in [0.4, 0.5) is 17.1 Å². The normalized spacial score (nSPS) is 14.7. The molecule has 1 aliphatic rings. The van der Waals surface area contributed by atoms with Gasteiger partial charge in [0.05, 0.1) is 30.0 Å². The number of carbonyl (C=O) groups excluding carboxylic acids is 1. The van der Waals surface area contributed by atoms with Crippen LogP contribution >= 0.6 is 0 Å². The number of anilines is 3. The van der Waals surface area contributed by atoms with Crippen LogP contribution in [-0.2, 0) is 9.53 Å². The maximum absolute atomic E-state index is 12.9. The van der Waals surface area contributed by atoms with Crippen LogP contribution in [0.3, 0.4) is 0 Å². The van der Waals surface area contributed by atoms with Gasteiger partial charge in [0.1, 0.15) is 35.1 Å². The SMILES string of the molecule is CN(C)C/C=C/C(=O)Nc1c(O[C@@H]2CCOC2)ccc2c(Nc3ccc(Oc4ccccc4)cc3)c(C#N)cnc12. The number of carbonyl (C=O) groups is 1. The summed E-state index contributed by atoms with van der Waals surface area (Å²) in [6.07, 6.45) is 5.40. The number of hydrogen-bond acceptors (Lipinski definition) is 8. The molecule has 208 valence electrons. The first kappa shape index (κ1) is 27.6. The highest BCUT2D eigenvalue weighted by atomic mass is 16.5. The molecule has 1 atom stereocenters. The molecule has 1 aliphatic heterocycles.